The van der Waals surface area contributed by atoms with Gasteiger partial charge < -0.3 is 9.42 Å². The maximum absolute atomic E-state index is 13.1. The molecule has 1 amide bonds. The summed E-state index contributed by atoms with van der Waals surface area (Å²) in [6.07, 6.45) is 0. The Morgan fingerprint density at radius 1 is 1.00 bits per heavy atom. The van der Waals surface area contributed by atoms with Gasteiger partial charge in [0.25, 0.3) is 5.91 Å². The van der Waals surface area contributed by atoms with Crippen LogP contribution in [-0.2, 0) is 12.3 Å². The zero-order valence-corrected chi connectivity index (χ0v) is 18.3. The lowest BCUT2D eigenvalue weighted by molar-refractivity contribution is 0.0766. The second-order valence-electron chi connectivity index (χ2n) is 7.31. The monoisotopic (exact) mass is 429 g/mol. The van der Waals surface area contributed by atoms with Crippen LogP contribution in [0.2, 0.25) is 0 Å². The molecule has 0 N–H and O–H groups in total. The lowest BCUT2D eigenvalue weighted by atomic mass is 10.1. The van der Waals surface area contributed by atoms with E-state index in [4.69, 9.17) is 4.52 Å². The number of thioether (sulfide) groups is 1. The highest BCUT2D eigenvalue weighted by molar-refractivity contribution is 7.98. The molecule has 4 aromatic rings. The highest BCUT2D eigenvalue weighted by atomic mass is 32.2. The number of carbonyl (C=O) groups excluding carboxylic acids is 1. The number of carbonyl (C=O) groups is 1. The topological polar surface area (TPSA) is 59.2 Å². The molecule has 0 fully saturated rings. The van der Waals surface area contributed by atoms with Gasteiger partial charge in [0.05, 0.1) is 12.1 Å². The molecule has 156 valence electrons. The van der Waals surface area contributed by atoms with E-state index in [9.17, 15) is 4.79 Å². The third-order valence-corrected chi connectivity index (χ3v) is 5.96. The Labute approximate surface area is 186 Å². The minimum Gasteiger partial charge on any atom is -0.337 e. The van der Waals surface area contributed by atoms with E-state index < -0.39 is 0 Å². The number of hydrogen-bond donors (Lipinski definition) is 0. The van der Waals surface area contributed by atoms with Gasteiger partial charge in [0.2, 0.25) is 11.7 Å². The van der Waals surface area contributed by atoms with E-state index >= 15 is 0 Å². The largest absolute Gasteiger partial charge is 0.337 e. The van der Waals surface area contributed by atoms with Crippen molar-refractivity contribution in [2.75, 3.05) is 7.05 Å². The second-order valence-corrected chi connectivity index (χ2v) is 8.33. The first-order chi connectivity index (χ1) is 15.1. The maximum atomic E-state index is 13.1. The first kappa shape index (κ1) is 20.9. The summed E-state index contributed by atoms with van der Waals surface area (Å²) in [5, 5.41) is 4.07. The summed E-state index contributed by atoms with van der Waals surface area (Å²) in [4.78, 5) is 20.1. The predicted octanol–water partition coefficient (Wildman–Crippen LogP) is 5.61. The van der Waals surface area contributed by atoms with E-state index in [0.29, 0.717) is 17.3 Å². The van der Waals surface area contributed by atoms with Gasteiger partial charge in [-0.2, -0.15) is 4.98 Å². The van der Waals surface area contributed by atoms with Crippen LogP contribution in [0.5, 0.6) is 0 Å². The van der Waals surface area contributed by atoms with Crippen molar-refractivity contribution in [2.24, 2.45) is 0 Å². The molecule has 31 heavy (non-hydrogen) atoms. The molecule has 5 nitrogen and oxygen atoms in total. The fourth-order valence-electron chi connectivity index (χ4n) is 3.21. The van der Waals surface area contributed by atoms with E-state index in [0.717, 1.165) is 21.8 Å². The molecule has 6 heteroatoms. The smallest absolute Gasteiger partial charge is 0.255 e. The zero-order valence-electron chi connectivity index (χ0n) is 17.5. The first-order valence-corrected chi connectivity index (χ1v) is 11.0. The van der Waals surface area contributed by atoms with Crippen molar-refractivity contribution in [3.63, 3.8) is 0 Å². The minimum atomic E-state index is -0.0773. The van der Waals surface area contributed by atoms with Crippen molar-refractivity contribution in [2.45, 2.75) is 24.1 Å². The lowest BCUT2D eigenvalue weighted by Crippen LogP contribution is -2.26. The van der Waals surface area contributed by atoms with Crippen LogP contribution in [0.1, 0.15) is 27.4 Å². The van der Waals surface area contributed by atoms with Crippen LogP contribution in [0.25, 0.3) is 11.4 Å². The number of aryl methyl sites for hydroxylation is 1. The summed E-state index contributed by atoms with van der Waals surface area (Å²) < 4.78 is 5.39. The average Bonchev–Trinajstić information content (AvgIpc) is 3.26. The maximum Gasteiger partial charge on any atom is 0.255 e. The van der Waals surface area contributed by atoms with Crippen molar-refractivity contribution >= 4 is 17.7 Å². The molecular formula is C25H23N3O2S. The molecule has 1 heterocycles. The molecule has 0 aliphatic heterocycles. The van der Waals surface area contributed by atoms with E-state index in [1.54, 1.807) is 23.7 Å². The molecule has 0 unspecified atom stereocenters. The Bertz CT molecular complexity index is 1170. The molecule has 4 rings (SSSR count). The van der Waals surface area contributed by atoms with Gasteiger partial charge in [0.15, 0.2) is 0 Å². The molecule has 3 aromatic carbocycles. The van der Waals surface area contributed by atoms with Gasteiger partial charge in [-0.3, -0.25) is 4.79 Å². The Morgan fingerprint density at radius 2 is 1.77 bits per heavy atom. The number of benzene rings is 3. The Balaban J connectivity index is 1.45. The van der Waals surface area contributed by atoms with E-state index in [1.165, 1.54) is 5.56 Å². The van der Waals surface area contributed by atoms with Crippen molar-refractivity contribution in [3.8, 4) is 11.4 Å². The summed E-state index contributed by atoms with van der Waals surface area (Å²) in [7, 11) is 1.75. The van der Waals surface area contributed by atoms with Crippen LogP contribution in [0, 0.1) is 6.92 Å². The molecule has 0 bridgehead atoms. The number of nitrogens with zero attached hydrogens (tertiary/aromatic N) is 3. The zero-order chi connectivity index (χ0) is 21.6. The van der Waals surface area contributed by atoms with Crippen molar-refractivity contribution in [1.29, 1.82) is 0 Å². The van der Waals surface area contributed by atoms with Crippen molar-refractivity contribution in [3.05, 3.63) is 101 Å². The predicted molar refractivity (Wildman–Crippen MR) is 123 cm³/mol. The van der Waals surface area contributed by atoms with E-state index in [1.807, 2.05) is 73.7 Å². The van der Waals surface area contributed by atoms with Gasteiger partial charge in [0, 0.05) is 23.3 Å². The highest BCUT2D eigenvalue weighted by Crippen LogP contribution is 2.27. The fraction of sp³-hybridized carbons (Fsp3) is 0.160. The molecule has 0 aliphatic carbocycles. The normalized spacial score (nSPS) is 10.8. The molecule has 0 atom stereocenters. The van der Waals surface area contributed by atoms with Gasteiger partial charge in [-0.05, 0) is 30.7 Å². The highest BCUT2D eigenvalue weighted by Gasteiger charge is 2.19. The van der Waals surface area contributed by atoms with E-state index in [-0.39, 0.29) is 12.5 Å². The molecular weight excluding hydrogens is 406 g/mol. The molecule has 0 radical (unpaired) electrons. The standard InChI is InChI=1S/C25H23N3O2S/c1-18-9-8-12-20(15-18)24-26-23(30-27-24)16-28(2)25(29)21-13-6-7-14-22(21)31-17-19-10-4-3-5-11-19/h3-15H,16-17H2,1-2H3. The lowest BCUT2D eigenvalue weighted by Gasteiger charge is -2.17. The average molecular weight is 430 g/mol. The third-order valence-electron chi connectivity index (χ3n) is 4.82. The van der Waals surface area contributed by atoms with Crippen LogP contribution in [0.4, 0.5) is 0 Å². The Kier molecular flexibility index (Phi) is 6.48. The van der Waals surface area contributed by atoms with Crippen LogP contribution in [0.3, 0.4) is 0 Å². The van der Waals surface area contributed by atoms with Crippen molar-refractivity contribution < 1.29 is 9.32 Å². The number of hydrogen-bond acceptors (Lipinski definition) is 5. The van der Waals surface area contributed by atoms with Gasteiger partial charge in [-0.15, -0.1) is 11.8 Å². The number of aromatic nitrogens is 2. The molecule has 0 saturated heterocycles. The Hall–Kier alpha value is -3.38. The molecule has 0 saturated carbocycles. The summed E-state index contributed by atoms with van der Waals surface area (Å²) in [6, 6.07) is 25.8. The van der Waals surface area contributed by atoms with Crippen LogP contribution in [0.15, 0.2) is 88.3 Å². The van der Waals surface area contributed by atoms with Gasteiger partial charge >= 0.3 is 0 Å². The third kappa shape index (κ3) is 5.22. The summed E-state index contributed by atoms with van der Waals surface area (Å²) in [6.45, 7) is 2.26. The van der Waals surface area contributed by atoms with Crippen LogP contribution < -0.4 is 0 Å². The Morgan fingerprint density at radius 3 is 2.58 bits per heavy atom. The molecule has 1 aromatic heterocycles. The summed E-state index contributed by atoms with van der Waals surface area (Å²) in [5.41, 5.74) is 3.91. The van der Waals surface area contributed by atoms with Gasteiger partial charge in [-0.25, -0.2) is 0 Å². The number of amides is 1. The van der Waals surface area contributed by atoms with Crippen molar-refractivity contribution in [1.82, 2.24) is 15.0 Å². The van der Waals surface area contributed by atoms with Crippen LogP contribution >= 0.6 is 11.8 Å². The fourth-order valence-corrected chi connectivity index (χ4v) is 4.21. The second kappa shape index (κ2) is 9.62. The summed E-state index contributed by atoms with van der Waals surface area (Å²) >= 11 is 1.66. The first-order valence-electron chi connectivity index (χ1n) is 10.0. The van der Waals surface area contributed by atoms with Gasteiger partial charge in [-0.1, -0.05) is 71.4 Å². The minimum absolute atomic E-state index is 0.0773. The molecule has 0 spiro atoms. The quantitative estimate of drug-likeness (QED) is 0.357. The van der Waals surface area contributed by atoms with E-state index in [2.05, 4.69) is 22.3 Å². The summed E-state index contributed by atoms with van der Waals surface area (Å²) in [5.74, 6) is 1.66. The molecule has 0 aliphatic rings. The van der Waals surface area contributed by atoms with Crippen LogP contribution in [-0.4, -0.2) is 28.0 Å². The number of rotatable bonds is 7. The SMILES string of the molecule is Cc1cccc(-c2noc(CN(C)C(=O)c3ccccc3SCc3ccccc3)n2)c1. The van der Waals surface area contributed by atoms with Gasteiger partial charge in [0.1, 0.15) is 0 Å².